The maximum Gasteiger partial charge on any atom is 0.487 e. The molecule has 0 aliphatic carbocycles. The van der Waals surface area contributed by atoms with E-state index < -0.39 is 17.6 Å². The van der Waals surface area contributed by atoms with E-state index in [0.717, 1.165) is 5.56 Å². The van der Waals surface area contributed by atoms with E-state index in [0.29, 0.717) is 61.1 Å². The minimum absolute atomic E-state index is 0.0805. The summed E-state index contributed by atoms with van der Waals surface area (Å²) in [6, 6.07) is 8.90. The fourth-order valence-electron chi connectivity index (χ4n) is 4.56. The molecule has 1 fully saturated rings. The highest BCUT2D eigenvalue weighted by molar-refractivity contribution is 6.20. The highest BCUT2D eigenvalue weighted by Crippen LogP contribution is 2.35. The molecule has 0 spiro atoms. The summed E-state index contributed by atoms with van der Waals surface area (Å²) in [5, 5.41) is 12.8. The van der Waals surface area contributed by atoms with Crippen LogP contribution >= 0.6 is 11.6 Å². The molecule has 3 aromatic rings. The van der Waals surface area contributed by atoms with Crippen LogP contribution in [0.15, 0.2) is 42.6 Å². The zero-order valence-corrected chi connectivity index (χ0v) is 20.6. The van der Waals surface area contributed by atoms with Gasteiger partial charge in [-0.2, -0.15) is 0 Å². The number of nitrogens with zero attached hydrogens (tertiary/aromatic N) is 3. The Labute approximate surface area is 216 Å². The zero-order valence-electron chi connectivity index (χ0n) is 19.8. The average Bonchev–Trinajstić information content (AvgIpc) is 3.55. The van der Waals surface area contributed by atoms with E-state index in [2.05, 4.69) is 20.0 Å². The van der Waals surface area contributed by atoms with Crippen molar-refractivity contribution in [3.8, 4) is 17.0 Å². The SMILES string of the molecule is CCN1Cc2cc(-c3cc(C(=O)Nc4ccc(OC(F)(F)Cl)cc4)cnc3N3CC[C@@H](O)C3)[nH]c2C1=O. The molecule has 9 nitrogen and oxygen atoms in total. The van der Waals surface area contributed by atoms with Gasteiger partial charge in [-0.15, -0.1) is 8.78 Å². The van der Waals surface area contributed by atoms with Gasteiger partial charge in [0.25, 0.3) is 11.8 Å². The van der Waals surface area contributed by atoms with Crippen LogP contribution in [-0.4, -0.2) is 63.1 Å². The van der Waals surface area contributed by atoms with E-state index >= 15 is 0 Å². The van der Waals surface area contributed by atoms with Crippen molar-refractivity contribution < 1.29 is 28.2 Å². The number of hydrogen-bond acceptors (Lipinski definition) is 6. The normalized spacial score (nSPS) is 17.3. The summed E-state index contributed by atoms with van der Waals surface area (Å²) in [5.74, 6) is -0.111. The number of hydrogen-bond donors (Lipinski definition) is 3. The van der Waals surface area contributed by atoms with Crippen LogP contribution in [0, 0.1) is 0 Å². The number of aromatic amines is 1. The van der Waals surface area contributed by atoms with Crippen LogP contribution in [0.3, 0.4) is 0 Å². The smallest absolute Gasteiger partial charge is 0.420 e. The summed E-state index contributed by atoms with van der Waals surface area (Å²) in [6.07, 6.45) is 1.56. The number of benzene rings is 1. The molecule has 2 amide bonds. The Kier molecular flexibility index (Phi) is 6.50. The number of amides is 2. The molecule has 3 N–H and O–H groups in total. The predicted octanol–water partition coefficient (Wildman–Crippen LogP) is 4.04. The first-order valence-corrected chi connectivity index (χ1v) is 12.1. The topological polar surface area (TPSA) is 111 Å². The lowest BCUT2D eigenvalue weighted by Crippen LogP contribution is -2.24. The Hall–Kier alpha value is -3.70. The van der Waals surface area contributed by atoms with Gasteiger partial charge in [0.15, 0.2) is 0 Å². The van der Waals surface area contributed by atoms with Crippen LogP contribution in [0.5, 0.6) is 5.75 Å². The number of carbonyl (C=O) groups is 2. The van der Waals surface area contributed by atoms with E-state index in [1.54, 1.807) is 11.0 Å². The molecule has 2 aliphatic heterocycles. The lowest BCUT2D eigenvalue weighted by molar-refractivity contribution is -0.0964. The van der Waals surface area contributed by atoms with Crippen LogP contribution < -0.4 is 15.0 Å². The van der Waals surface area contributed by atoms with Crippen molar-refractivity contribution >= 4 is 34.9 Å². The van der Waals surface area contributed by atoms with Crippen molar-refractivity contribution in [2.45, 2.75) is 31.6 Å². The van der Waals surface area contributed by atoms with Crippen LogP contribution in [-0.2, 0) is 6.54 Å². The number of aromatic nitrogens is 2. The van der Waals surface area contributed by atoms with Crippen molar-refractivity contribution in [1.29, 1.82) is 0 Å². The highest BCUT2D eigenvalue weighted by Gasteiger charge is 2.31. The van der Waals surface area contributed by atoms with Crippen LogP contribution in [0.2, 0.25) is 0 Å². The third kappa shape index (κ3) is 5.23. The number of aliphatic hydroxyl groups excluding tert-OH is 1. The first kappa shape index (κ1) is 25.0. The molecule has 2 aliphatic rings. The maximum atomic E-state index is 13.0. The summed E-state index contributed by atoms with van der Waals surface area (Å²) < 4.78 is 29.9. The lowest BCUT2D eigenvalue weighted by Gasteiger charge is -2.21. The van der Waals surface area contributed by atoms with Gasteiger partial charge in [0.2, 0.25) is 0 Å². The number of fused-ring (bicyclic) bond motifs is 1. The van der Waals surface area contributed by atoms with Crippen molar-refractivity contribution in [3.63, 3.8) is 0 Å². The van der Waals surface area contributed by atoms with Gasteiger partial charge < -0.3 is 29.9 Å². The zero-order chi connectivity index (χ0) is 26.3. The molecule has 0 unspecified atom stereocenters. The summed E-state index contributed by atoms with van der Waals surface area (Å²) >= 11 is 4.78. The summed E-state index contributed by atoms with van der Waals surface area (Å²) in [5.41, 5.74) is -0.568. The van der Waals surface area contributed by atoms with Gasteiger partial charge in [0.05, 0.1) is 17.4 Å². The largest absolute Gasteiger partial charge is 0.487 e. The van der Waals surface area contributed by atoms with E-state index in [1.807, 2.05) is 17.9 Å². The summed E-state index contributed by atoms with van der Waals surface area (Å²) in [6.45, 7) is 4.03. The number of nitrogens with one attached hydrogen (secondary N) is 2. The van der Waals surface area contributed by atoms with Gasteiger partial charge in [-0.25, -0.2) is 4.98 Å². The second-order valence-electron chi connectivity index (χ2n) is 8.91. The Morgan fingerprint density at radius 1 is 1.32 bits per heavy atom. The number of ether oxygens (including phenoxy) is 1. The fourth-order valence-corrected chi connectivity index (χ4v) is 4.65. The molecule has 37 heavy (non-hydrogen) atoms. The number of carbonyl (C=O) groups excluding carboxylic acids is 2. The fraction of sp³-hybridized carbons (Fsp3) is 0.320. The predicted molar refractivity (Wildman–Crippen MR) is 133 cm³/mol. The molecule has 1 saturated heterocycles. The number of β-amino-alcohol motifs (C(OH)–C–C–N with tert-alkyl or cyclic N) is 1. The molecule has 0 radical (unpaired) electrons. The standard InChI is InChI=1S/C25H24ClF2N5O4/c1-2-32-12-15-10-20(31-21(15)24(32)36)19-9-14(11-29-22(19)33-8-7-17(34)13-33)23(35)30-16-3-5-18(6-4-16)37-25(26,27)28/h3-6,9-11,17,31,34H,2,7-8,12-13H2,1H3,(H,30,35)/t17-/m1/s1. The number of aliphatic hydroxyl groups is 1. The molecule has 194 valence electrons. The second kappa shape index (κ2) is 9.64. The summed E-state index contributed by atoms with van der Waals surface area (Å²) in [7, 11) is 0. The van der Waals surface area contributed by atoms with Crippen molar-refractivity contribution in [2.24, 2.45) is 0 Å². The Morgan fingerprint density at radius 2 is 2.08 bits per heavy atom. The molecule has 5 rings (SSSR count). The van der Waals surface area contributed by atoms with E-state index in [1.165, 1.54) is 30.5 Å². The number of anilines is 2. The Balaban J connectivity index is 1.43. The molecule has 1 aromatic carbocycles. The third-order valence-electron chi connectivity index (χ3n) is 6.37. The van der Waals surface area contributed by atoms with E-state index in [-0.39, 0.29) is 17.2 Å². The quantitative estimate of drug-likeness (QED) is 0.397. The molecule has 1 atom stereocenters. The maximum absolute atomic E-state index is 13.0. The second-order valence-corrected chi connectivity index (χ2v) is 9.35. The van der Waals surface area contributed by atoms with Gasteiger partial charge in [-0.1, -0.05) is 0 Å². The van der Waals surface area contributed by atoms with Gasteiger partial charge >= 0.3 is 5.57 Å². The van der Waals surface area contributed by atoms with E-state index in [9.17, 15) is 23.5 Å². The third-order valence-corrected chi connectivity index (χ3v) is 6.45. The molecular weight excluding hydrogens is 508 g/mol. The molecular formula is C25H24ClF2N5O4. The summed E-state index contributed by atoms with van der Waals surface area (Å²) in [4.78, 5) is 37.1. The van der Waals surface area contributed by atoms with Gasteiger partial charge in [-0.3, -0.25) is 9.59 Å². The lowest BCUT2D eigenvalue weighted by atomic mass is 10.1. The Morgan fingerprint density at radius 3 is 2.70 bits per heavy atom. The Bertz CT molecular complexity index is 1340. The first-order valence-electron chi connectivity index (χ1n) is 11.7. The average molecular weight is 532 g/mol. The molecule has 0 saturated carbocycles. The van der Waals surface area contributed by atoms with Gasteiger partial charge in [0, 0.05) is 60.8 Å². The molecule has 12 heteroatoms. The van der Waals surface area contributed by atoms with Crippen molar-refractivity contribution in [3.05, 3.63) is 59.4 Å². The minimum atomic E-state index is -3.84. The van der Waals surface area contributed by atoms with Crippen molar-refractivity contribution in [2.75, 3.05) is 29.9 Å². The monoisotopic (exact) mass is 531 g/mol. The highest BCUT2D eigenvalue weighted by atomic mass is 35.5. The van der Waals surface area contributed by atoms with Gasteiger partial charge in [-0.05, 0) is 49.7 Å². The van der Waals surface area contributed by atoms with Crippen LogP contribution in [0.4, 0.5) is 20.3 Å². The van der Waals surface area contributed by atoms with Crippen LogP contribution in [0.25, 0.3) is 11.3 Å². The molecule has 2 aromatic heterocycles. The van der Waals surface area contributed by atoms with Gasteiger partial charge in [0.1, 0.15) is 17.3 Å². The van der Waals surface area contributed by atoms with Crippen LogP contribution in [0.1, 0.15) is 39.8 Å². The number of pyridine rings is 1. The van der Waals surface area contributed by atoms with E-state index in [4.69, 9.17) is 11.6 Å². The molecule has 4 heterocycles. The number of alkyl halides is 3. The molecule has 0 bridgehead atoms. The number of rotatable bonds is 7. The number of H-pyrrole nitrogens is 1. The van der Waals surface area contributed by atoms with Crippen molar-refractivity contribution in [1.82, 2.24) is 14.9 Å². The first-order chi connectivity index (χ1) is 17.6. The number of halogens is 3. The minimum Gasteiger partial charge on any atom is -0.420 e.